The van der Waals surface area contributed by atoms with Crippen molar-refractivity contribution in [2.24, 2.45) is 0 Å². The summed E-state index contributed by atoms with van der Waals surface area (Å²) in [7, 11) is 4.09. The molecule has 1 N–H and O–H groups in total. The molecule has 130 valence electrons. The van der Waals surface area contributed by atoms with E-state index in [1.54, 1.807) is 0 Å². The quantitative estimate of drug-likeness (QED) is 0.775. The summed E-state index contributed by atoms with van der Waals surface area (Å²) in [6.07, 6.45) is -0.277. The second kappa shape index (κ2) is 9.57. The van der Waals surface area contributed by atoms with Gasteiger partial charge in [0, 0.05) is 31.2 Å². The van der Waals surface area contributed by atoms with E-state index in [9.17, 15) is 5.11 Å². The van der Waals surface area contributed by atoms with Gasteiger partial charge >= 0.3 is 0 Å². The number of ether oxygens (including phenoxy) is 2. The first-order valence-electron chi connectivity index (χ1n) is 8.02. The highest BCUT2D eigenvalue weighted by Crippen LogP contribution is 2.11. The molecule has 2 atom stereocenters. The van der Waals surface area contributed by atoms with Gasteiger partial charge < -0.3 is 19.5 Å². The summed E-state index contributed by atoms with van der Waals surface area (Å²) in [5, 5.41) is 10.9. The average Bonchev–Trinajstić information content (AvgIpc) is 2.49. The number of benzene rings is 1. The van der Waals surface area contributed by atoms with Crippen molar-refractivity contribution >= 4 is 11.6 Å². The van der Waals surface area contributed by atoms with Crippen LogP contribution in [0, 0.1) is 0 Å². The minimum absolute atomic E-state index is 0.209. The Bertz CT molecular complexity index is 456. The molecule has 1 aliphatic heterocycles. The van der Waals surface area contributed by atoms with Crippen LogP contribution in [0.3, 0.4) is 0 Å². The third-order valence-electron chi connectivity index (χ3n) is 3.75. The zero-order valence-electron chi connectivity index (χ0n) is 13.9. The van der Waals surface area contributed by atoms with E-state index < -0.39 is 6.10 Å². The molecule has 1 heterocycles. The van der Waals surface area contributed by atoms with Crippen LogP contribution in [0.5, 0.6) is 0 Å². The SMILES string of the molecule is CN(C)C[C@@H]1CN(C[C@H](O)COCc2ccc(Cl)cc2)CCO1. The summed E-state index contributed by atoms with van der Waals surface area (Å²) >= 11 is 5.85. The summed E-state index contributed by atoms with van der Waals surface area (Å²) in [4.78, 5) is 4.37. The Hall–Kier alpha value is -0.690. The first-order valence-corrected chi connectivity index (χ1v) is 8.39. The largest absolute Gasteiger partial charge is 0.389 e. The number of hydrogen-bond donors (Lipinski definition) is 1. The molecule has 5 nitrogen and oxygen atoms in total. The second-order valence-corrected chi connectivity index (χ2v) is 6.75. The van der Waals surface area contributed by atoms with Crippen LogP contribution in [0.1, 0.15) is 5.56 Å². The molecule has 1 aromatic carbocycles. The molecule has 0 spiro atoms. The Kier molecular flexibility index (Phi) is 7.76. The number of β-amino-alcohol motifs (C(OH)–C–C–N with tert-alkyl or cyclic N) is 1. The lowest BCUT2D eigenvalue weighted by molar-refractivity contribution is -0.0584. The maximum absolute atomic E-state index is 10.2. The lowest BCUT2D eigenvalue weighted by Gasteiger charge is -2.35. The molecule has 0 aromatic heterocycles. The van der Waals surface area contributed by atoms with Gasteiger partial charge in [0.25, 0.3) is 0 Å². The summed E-state index contributed by atoms with van der Waals surface area (Å²) in [6, 6.07) is 7.55. The van der Waals surface area contributed by atoms with Crippen LogP contribution in [-0.4, -0.2) is 80.6 Å². The monoisotopic (exact) mass is 342 g/mol. The van der Waals surface area contributed by atoms with Crippen molar-refractivity contribution in [2.45, 2.75) is 18.8 Å². The number of likely N-dealkylation sites (N-methyl/N-ethyl adjacent to an activating group) is 1. The molecular formula is C17H27ClN2O3. The van der Waals surface area contributed by atoms with Crippen molar-refractivity contribution in [3.63, 3.8) is 0 Å². The zero-order chi connectivity index (χ0) is 16.7. The molecule has 6 heteroatoms. The maximum atomic E-state index is 10.2. The minimum atomic E-state index is -0.486. The van der Waals surface area contributed by atoms with Crippen molar-refractivity contribution in [1.82, 2.24) is 9.80 Å². The summed E-state index contributed by atoms with van der Waals surface area (Å²) < 4.78 is 11.3. The van der Waals surface area contributed by atoms with E-state index in [2.05, 4.69) is 9.80 Å². The summed E-state index contributed by atoms with van der Waals surface area (Å²) in [5.74, 6) is 0. The topological polar surface area (TPSA) is 45.2 Å². The van der Waals surface area contributed by atoms with Crippen molar-refractivity contribution in [1.29, 1.82) is 0 Å². The first kappa shape index (κ1) is 18.6. The minimum Gasteiger partial charge on any atom is -0.389 e. The standard InChI is InChI=1S/C17H27ClN2O3/c1-19(2)10-17-11-20(7-8-23-17)9-16(21)13-22-12-14-3-5-15(18)6-4-14/h3-6,16-17,21H,7-13H2,1-2H3/t16-,17+/m0/s1. The lowest BCUT2D eigenvalue weighted by atomic mass is 10.2. The molecule has 0 amide bonds. The molecule has 23 heavy (non-hydrogen) atoms. The van der Waals surface area contributed by atoms with Crippen LogP contribution >= 0.6 is 11.6 Å². The van der Waals surface area contributed by atoms with E-state index in [0.29, 0.717) is 24.8 Å². The highest BCUT2D eigenvalue weighted by atomic mass is 35.5. The van der Waals surface area contributed by atoms with Crippen LogP contribution in [0.2, 0.25) is 5.02 Å². The van der Waals surface area contributed by atoms with E-state index in [-0.39, 0.29) is 6.10 Å². The van der Waals surface area contributed by atoms with Crippen LogP contribution in [0.4, 0.5) is 0 Å². The van der Waals surface area contributed by atoms with E-state index >= 15 is 0 Å². The second-order valence-electron chi connectivity index (χ2n) is 6.31. The highest BCUT2D eigenvalue weighted by Gasteiger charge is 2.22. The first-order chi connectivity index (χ1) is 11.0. The molecule has 0 aliphatic carbocycles. The Morgan fingerprint density at radius 1 is 1.39 bits per heavy atom. The van der Waals surface area contributed by atoms with Crippen molar-refractivity contribution in [3.8, 4) is 0 Å². The molecule has 1 aromatic rings. The fourth-order valence-electron chi connectivity index (χ4n) is 2.71. The molecular weight excluding hydrogens is 316 g/mol. The Morgan fingerprint density at radius 3 is 2.83 bits per heavy atom. The molecule has 0 saturated carbocycles. The zero-order valence-corrected chi connectivity index (χ0v) is 14.7. The maximum Gasteiger partial charge on any atom is 0.0900 e. The predicted octanol–water partition coefficient (Wildman–Crippen LogP) is 1.48. The van der Waals surface area contributed by atoms with Gasteiger partial charge in [0.05, 0.1) is 32.0 Å². The van der Waals surface area contributed by atoms with Gasteiger partial charge in [0.2, 0.25) is 0 Å². The van der Waals surface area contributed by atoms with Gasteiger partial charge in [-0.05, 0) is 31.8 Å². The molecule has 0 unspecified atom stereocenters. The third kappa shape index (κ3) is 7.16. The summed E-state index contributed by atoms with van der Waals surface area (Å²) in [6.45, 7) is 4.77. The van der Waals surface area contributed by atoms with Gasteiger partial charge in [-0.25, -0.2) is 0 Å². The fraction of sp³-hybridized carbons (Fsp3) is 0.647. The normalized spacial score (nSPS) is 20.8. The highest BCUT2D eigenvalue weighted by molar-refractivity contribution is 6.30. The van der Waals surface area contributed by atoms with E-state index in [4.69, 9.17) is 21.1 Å². The van der Waals surface area contributed by atoms with Gasteiger partial charge in [-0.1, -0.05) is 23.7 Å². The molecule has 1 aliphatic rings. The number of morpholine rings is 1. The van der Waals surface area contributed by atoms with E-state index in [0.717, 1.165) is 31.8 Å². The summed E-state index contributed by atoms with van der Waals surface area (Å²) in [5.41, 5.74) is 1.05. The molecule has 0 bridgehead atoms. The Labute approximate surface area is 143 Å². The van der Waals surface area contributed by atoms with Crippen LogP contribution in [0.25, 0.3) is 0 Å². The number of aliphatic hydroxyl groups excluding tert-OH is 1. The van der Waals surface area contributed by atoms with Gasteiger partial charge in [0.15, 0.2) is 0 Å². The third-order valence-corrected chi connectivity index (χ3v) is 4.00. The van der Waals surface area contributed by atoms with Gasteiger partial charge in [-0.2, -0.15) is 0 Å². The fourth-order valence-corrected chi connectivity index (χ4v) is 2.83. The number of aliphatic hydroxyl groups is 1. The van der Waals surface area contributed by atoms with Crippen LogP contribution < -0.4 is 0 Å². The van der Waals surface area contributed by atoms with Crippen LogP contribution in [0.15, 0.2) is 24.3 Å². The lowest BCUT2D eigenvalue weighted by Crippen LogP contribution is -2.49. The van der Waals surface area contributed by atoms with Crippen molar-refractivity contribution in [3.05, 3.63) is 34.9 Å². The van der Waals surface area contributed by atoms with E-state index in [1.807, 2.05) is 38.4 Å². The molecule has 2 rings (SSSR count). The van der Waals surface area contributed by atoms with Crippen LogP contribution in [-0.2, 0) is 16.1 Å². The molecule has 0 radical (unpaired) electrons. The van der Waals surface area contributed by atoms with Gasteiger partial charge in [0.1, 0.15) is 0 Å². The number of nitrogens with zero attached hydrogens (tertiary/aromatic N) is 2. The van der Waals surface area contributed by atoms with Gasteiger partial charge in [-0.3, -0.25) is 4.90 Å². The molecule has 1 saturated heterocycles. The Morgan fingerprint density at radius 2 is 2.13 bits per heavy atom. The number of rotatable bonds is 8. The average molecular weight is 343 g/mol. The number of halogens is 1. The molecule has 1 fully saturated rings. The Balaban J connectivity index is 1.65. The number of hydrogen-bond acceptors (Lipinski definition) is 5. The van der Waals surface area contributed by atoms with E-state index in [1.165, 1.54) is 0 Å². The van der Waals surface area contributed by atoms with Crippen molar-refractivity contribution < 1.29 is 14.6 Å². The van der Waals surface area contributed by atoms with Gasteiger partial charge in [-0.15, -0.1) is 0 Å². The predicted molar refractivity (Wildman–Crippen MR) is 91.8 cm³/mol. The smallest absolute Gasteiger partial charge is 0.0900 e. The van der Waals surface area contributed by atoms with Crippen molar-refractivity contribution in [2.75, 3.05) is 53.5 Å².